The number of hydrogen-bond donors (Lipinski definition) is 1. The van der Waals surface area contributed by atoms with Crippen LogP contribution in [0, 0.1) is 4.77 Å². The van der Waals surface area contributed by atoms with Crippen LogP contribution in [-0.4, -0.2) is 42.4 Å². The minimum atomic E-state index is 0.310. The molecule has 0 amide bonds. The molecule has 1 heterocycles. The Morgan fingerprint density at radius 3 is 2.32 bits per heavy atom. The molecular weight excluding hydrogens is 423 g/mol. The molecule has 1 aromatic heterocycles. The summed E-state index contributed by atoms with van der Waals surface area (Å²) in [5.74, 6) is 1.98. The van der Waals surface area contributed by atoms with Gasteiger partial charge in [0.25, 0.3) is 0 Å². The molecule has 0 saturated heterocycles. The van der Waals surface area contributed by atoms with Crippen LogP contribution in [0.5, 0.6) is 17.2 Å². The minimum Gasteiger partial charge on any atom is -0.493 e. The first-order valence-corrected chi connectivity index (χ1v) is 9.12. The van der Waals surface area contributed by atoms with Gasteiger partial charge in [-0.15, -0.1) is 0 Å². The summed E-state index contributed by atoms with van der Waals surface area (Å²) in [5.41, 5.74) is 1.35. The van der Waals surface area contributed by atoms with E-state index in [1.165, 1.54) is 4.68 Å². The van der Waals surface area contributed by atoms with Gasteiger partial charge in [-0.25, -0.2) is 5.10 Å². The van der Waals surface area contributed by atoms with Gasteiger partial charge >= 0.3 is 0 Å². The zero-order valence-corrected chi connectivity index (χ0v) is 17.5. The number of nitrogens with zero attached hydrogens (tertiary/aromatic N) is 3. The van der Waals surface area contributed by atoms with E-state index in [9.17, 15) is 0 Å². The fourth-order valence-corrected chi connectivity index (χ4v) is 3.22. The predicted octanol–water partition coefficient (Wildman–Crippen LogP) is 4.82. The van der Waals surface area contributed by atoms with Crippen molar-refractivity contribution in [1.82, 2.24) is 14.9 Å². The number of ether oxygens (including phenoxy) is 3. The molecule has 28 heavy (non-hydrogen) atoms. The Hall–Kier alpha value is -2.55. The van der Waals surface area contributed by atoms with Crippen molar-refractivity contribution >= 4 is 41.6 Å². The quantitative estimate of drug-likeness (QED) is 0.440. The molecule has 0 fully saturated rings. The van der Waals surface area contributed by atoms with Gasteiger partial charge in [-0.05, 0) is 42.5 Å². The maximum Gasteiger partial charge on any atom is 0.216 e. The van der Waals surface area contributed by atoms with E-state index in [0.717, 1.165) is 0 Å². The predicted molar refractivity (Wildman–Crippen MR) is 112 cm³/mol. The summed E-state index contributed by atoms with van der Waals surface area (Å²) in [7, 11) is 4.64. The van der Waals surface area contributed by atoms with E-state index < -0.39 is 0 Å². The molecule has 3 rings (SSSR count). The van der Waals surface area contributed by atoms with Crippen molar-refractivity contribution in [3.8, 4) is 28.6 Å². The Labute approximate surface area is 176 Å². The third-order valence-corrected chi connectivity index (χ3v) is 4.64. The van der Waals surface area contributed by atoms with Gasteiger partial charge < -0.3 is 14.2 Å². The van der Waals surface area contributed by atoms with Gasteiger partial charge in [-0.1, -0.05) is 23.2 Å². The Kier molecular flexibility index (Phi) is 6.23. The fourth-order valence-electron chi connectivity index (χ4n) is 2.54. The van der Waals surface area contributed by atoms with Crippen LogP contribution in [0.2, 0.25) is 10.0 Å². The Balaban J connectivity index is 2.05. The summed E-state index contributed by atoms with van der Waals surface area (Å²) < 4.78 is 17.8. The number of benzene rings is 2. The van der Waals surface area contributed by atoms with Crippen LogP contribution < -0.4 is 14.2 Å². The highest BCUT2D eigenvalue weighted by Gasteiger charge is 2.14. The molecule has 146 valence electrons. The third kappa shape index (κ3) is 3.99. The molecule has 0 aliphatic carbocycles. The number of hydrogen-bond acceptors (Lipinski definition) is 6. The molecule has 0 saturated carbocycles. The zero-order valence-electron chi connectivity index (χ0n) is 15.2. The molecule has 7 nitrogen and oxygen atoms in total. The highest BCUT2D eigenvalue weighted by molar-refractivity contribution is 7.71. The molecule has 0 aliphatic rings. The lowest BCUT2D eigenvalue weighted by molar-refractivity contribution is 0.324. The van der Waals surface area contributed by atoms with Gasteiger partial charge in [0.15, 0.2) is 17.3 Å². The molecular formula is C18H16Cl2N4O3S. The maximum absolute atomic E-state index is 6.29. The zero-order chi connectivity index (χ0) is 20.3. The lowest BCUT2D eigenvalue weighted by Gasteiger charge is -2.12. The molecule has 0 unspecified atom stereocenters. The lowest BCUT2D eigenvalue weighted by Crippen LogP contribution is -1.98. The second-order valence-corrected chi connectivity index (χ2v) is 6.72. The number of rotatable bonds is 6. The van der Waals surface area contributed by atoms with E-state index in [4.69, 9.17) is 49.6 Å². The van der Waals surface area contributed by atoms with E-state index >= 15 is 0 Å². The van der Waals surface area contributed by atoms with Gasteiger partial charge in [0, 0.05) is 16.1 Å². The van der Waals surface area contributed by atoms with Crippen molar-refractivity contribution in [1.29, 1.82) is 0 Å². The number of aromatic amines is 1. The van der Waals surface area contributed by atoms with Crippen LogP contribution in [0.15, 0.2) is 35.4 Å². The second kappa shape index (κ2) is 8.64. The number of nitrogens with one attached hydrogen (secondary N) is 1. The Morgan fingerprint density at radius 2 is 1.75 bits per heavy atom. The van der Waals surface area contributed by atoms with E-state index in [0.29, 0.717) is 49.0 Å². The molecule has 1 N–H and O–H groups in total. The average Bonchev–Trinajstić information content (AvgIpc) is 3.05. The standard InChI is InChI=1S/C18H16Cl2N4O3S/c1-25-14-6-10(7-15(26-2)16(14)27-3)9-21-24-17(22-23-18(24)28)12-5-4-11(19)8-13(12)20/h4-9H,1-3H3,(H,23,28)/b21-9-. The van der Waals surface area contributed by atoms with E-state index in [2.05, 4.69) is 15.3 Å². The summed E-state index contributed by atoms with van der Waals surface area (Å²) in [5, 5.41) is 12.3. The maximum atomic E-state index is 6.29. The number of halogens is 2. The molecule has 0 bridgehead atoms. The highest BCUT2D eigenvalue weighted by Crippen LogP contribution is 2.37. The first-order valence-electron chi connectivity index (χ1n) is 7.95. The molecule has 3 aromatic rings. The summed E-state index contributed by atoms with van der Waals surface area (Å²) in [6.07, 6.45) is 1.60. The van der Waals surface area contributed by atoms with E-state index in [1.807, 2.05) is 0 Å². The molecule has 0 atom stereocenters. The van der Waals surface area contributed by atoms with E-state index in [1.54, 1.807) is 57.9 Å². The average molecular weight is 439 g/mol. The van der Waals surface area contributed by atoms with Crippen LogP contribution in [-0.2, 0) is 0 Å². The van der Waals surface area contributed by atoms with Crippen LogP contribution in [0.25, 0.3) is 11.4 Å². The summed E-state index contributed by atoms with van der Waals surface area (Å²) in [6.45, 7) is 0. The van der Waals surface area contributed by atoms with Crippen molar-refractivity contribution in [3.05, 3.63) is 50.7 Å². The first kappa shape index (κ1) is 20.2. The topological polar surface area (TPSA) is 73.7 Å². The van der Waals surface area contributed by atoms with Gasteiger partial charge in [0.05, 0.1) is 32.6 Å². The van der Waals surface area contributed by atoms with Crippen molar-refractivity contribution < 1.29 is 14.2 Å². The first-order chi connectivity index (χ1) is 13.5. The van der Waals surface area contributed by atoms with Crippen molar-refractivity contribution in [2.75, 3.05) is 21.3 Å². The second-order valence-electron chi connectivity index (χ2n) is 5.49. The summed E-state index contributed by atoms with van der Waals surface area (Å²) in [6, 6.07) is 8.63. The van der Waals surface area contributed by atoms with Crippen molar-refractivity contribution in [3.63, 3.8) is 0 Å². The minimum absolute atomic E-state index is 0.310. The van der Waals surface area contributed by atoms with Crippen LogP contribution in [0.3, 0.4) is 0 Å². The Bertz CT molecular complexity index is 1070. The number of H-pyrrole nitrogens is 1. The molecule has 10 heteroatoms. The van der Waals surface area contributed by atoms with Crippen LogP contribution >= 0.6 is 35.4 Å². The lowest BCUT2D eigenvalue weighted by atomic mass is 10.2. The fraction of sp³-hybridized carbons (Fsp3) is 0.167. The van der Waals surface area contributed by atoms with Gasteiger partial charge in [0.1, 0.15) is 0 Å². The van der Waals surface area contributed by atoms with Gasteiger partial charge in [-0.3, -0.25) is 0 Å². The van der Waals surface area contributed by atoms with Gasteiger partial charge in [0.2, 0.25) is 10.5 Å². The number of methoxy groups -OCH3 is 3. The summed E-state index contributed by atoms with van der Waals surface area (Å²) >= 11 is 17.5. The molecule has 0 aliphatic heterocycles. The van der Waals surface area contributed by atoms with Gasteiger partial charge in [-0.2, -0.15) is 14.9 Å². The monoisotopic (exact) mass is 438 g/mol. The molecule has 0 spiro atoms. The smallest absolute Gasteiger partial charge is 0.216 e. The largest absolute Gasteiger partial charge is 0.493 e. The summed E-state index contributed by atoms with van der Waals surface area (Å²) in [4.78, 5) is 0. The molecule has 0 radical (unpaired) electrons. The highest BCUT2D eigenvalue weighted by atomic mass is 35.5. The SMILES string of the molecule is COc1cc(/C=N\n2c(-c3ccc(Cl)cc3Cl)n[nH]c2=S)cc(OC)c1OC. The normalized spacial score (nSPS) is 11.0. The third-order valence-electron chi connectivity index (χ3n) is 3.83. The van der Waals surface area contributed by atoms with E-state index in [-0.39, 0.29) is 0 Å². The van der Waals surface area contributed by atoms with Crippen molar-refractivity contribution in [2.45, 2.75) is 0 Å². The Morgan fingerprint density at radius 1 is 1.07 bits per heavy atom. The van der Waals surface area contributed by atoms with Crippen LogP contribution in [0.4, 0.5) is 0 Å². The molecule has 2 aromatic carbocycles. The van der Waals surface area contributed by atoms with Crippen LogP contribution in [0.1, 0.15) is 5.56 Å². The van der Waals surface area contributed by atoms with Crippen molar-refractivity contribution in [2.24, 2.45) is 5.10 Å². The number of aromatic nitrogens is 3.